The molecule has 0 saturated heterocycles. The van der Waals surface area contributed by atoms with Gasteiger partial charge in [-0.3, -0.25) is 4.79 Å². The van der Waals surface area contributed by atoms with E-state index in [9.17, 15) is 4.79 Å². The molecule has 0 aromatic carbocycles. The van der Waals surface area contributed by atoms with Gasteiger partial charge in [-0.05, 0) is 18.0 Å². The number of hydrogen-bond donors (Lipinski definition) is 0. The molecule has 0 aromatic heterocycles. The maximum atomic E-state index is 10.5. The molecule has 0 spiro atoms. The Kier molecular flexibility index (Phi) is 7.39. The van der Waals surface area contributed by atoms with E-state index in [0.29, 0.717) is 0 Å². The summed E-state index contributed by atoms with van der Waals surface area (Å²) in [6.07, 6.45) is 5.62. The summed E-state index contributed by atoms with van der Waals surface area (Å²) in [6.45, 7) is 2.16. The first-order valence-corrected chi connectivity index (χ1v) is 5.31. The molecule has 0 heterocycles. The van der Waals surface area contributed by atoms with E-state index in [1.807, 2.05) is 0 Å². The van der Waals surface area contributed by atoms with Gasteiger partial charge < -0.3 is 0 Å². The Morgan fingerprint density at radius 3 is 2.55 bits per heavy atom. The van der Waals surface area contributed by atoms with Crippen molar-refractivity contribution in [3.05, 3.63) is 0 Å². The van der Waals surface area contributed by atoms with E-state index in [0.717, 1.165) is 12.8 Å². The highest BCUT2D eigenvalue weighted by molar-refractivity contribution is 9.10. The normalized spacial score (nSPS) is 13.0. The van der Waals surface area contributed by atoms with Gasteiger partial charge in [0.1, 0.15) is 0 Å². The lowest BCUT2D eigenvalue weighted by Gasteiger charge is -2.02. The molecule has 0 aliphatic heterocycles. The van der Waals surface area contributed by atoms with E-state index in [-0.39, 0.29) is 10.1 Å². The Morgan fingerprint density at radius 1 is 1.45 bits per heavy atom. The summed E-state index contributed by atoms with van der Waals surface area (Å²) in [5.74, 6) is 0. The van der Waals surface area contributed by atoms with Crippen LogP contribution in [0.4, 0.5) is 0 Å². The molecule has 0 bridgehead atoms. The minimum atomic E-state index is -0.276. The molecule has 1 atom stereocenters. The second kappa shape index (κ2) is 7.11. The lowest BCUT2D eigenvalue weighted by molar-refractivity contribution is -0.111. The van der Waals surface area contributed by atoms with Crippen LogP contribution in [0.15, 0.2) is 0 Å². The highest BCUT2D eigenvalue weighted by atomic mass is 79.9. The van der Waals surface area contributed by atoms with Crippen LogP contribution in [0.3, 0.4) is 0 Å². The number of halogens is 2. The fourth-order valence-corrected chi connectivity index (χ4v) is 1.30. The van der Waals surface area contributed by atoms with Gasteiger partial charge in [0, 0.05) is 0 Å². The highest BCUT2D eigenvalue weighted by Gasteiger charge is 2.10. The molecular weight excluding hydrogens is 227 g/mol. The van der Waals surface area contributed by atoms with Crippen LogP contribution in [-0.2, 0) is 4.79 Å². The van der Waals surface area contributed by atoms with Gasteiger partial charge in [0.2, 0.25) is 5.24 Å². The molecule has 11 heavy (non-hydrogen) atoms. The van der Waals surface area contributed by atoms with E-state index in [4.69, 9.17) is 11.6 Å². The minimum absolute atomic E-state index is 0.138. The predicted octanol–water partition coefficient (Wildman–Crippen LogP) is 3.49. The Hall–Kier alpha value is 0.440. The van der Waals surface area contributed by atoms with Crippen molar-refractivity contribution in [3.8, 4) is 0 Å². The maximum Gasteiger partial charge on any atom is 0.235 e. The fourth-order valence-electron chi connectivity index (χ4n) is 0.864. The average molecular weight is 242 g/mol. The molecule has 0 amide bonds. The monoisotopic (exact) mass is 240 g/mol. The van der Waals surface area contributed by atoms with Gasteiger partial charge >= 0.3 is 0 Å². The molecule has 0 aliphatic rings. The molecule has 0 aromatic rings. The van der Waals surface area contributed by atoms with Crippen LogP contribution in [0.1, 0.15) is 39.0 Å². The molecule has 0 rings (SSSR count). The van der Waals surface area contributed by atoms with Crippen molar-refractivity contribution in [3.63, 3.8) is 0 Å². The molecule has 1 nitrogen and oxygen atoms in total. The molecule has 0 radical (unpaired) electrons. The zero-order valence-electron chi connectivity index (χ0n) is 6.78. The van der Waals surface area contributed by atoms with Gasteiger partial charge in [-0.1, -0.05) is 48.5 Å². The lowest BCUT2D eigenvalue weighted by Crippen LogP contribution is -2.06. The first-order valence-electron chi connectivity index (χ1n) is 4.02. The number of carbonyl (C=O) groups excluding carboxylic acids is 1. The second-order valence-electron chi connectivity index (χ2n) is 2.62. The maximum absolute atomic E-state index is 10.5. The van der Waals surface area contributed by atoms with Gasteiger partial charge in [-0.15, -0.1) is 0 Å². The molecule has 3 heteroatoms. The predicted molar refractivity (Wildman–Crippen MR) is 52.3 cm³/mol. The van der Waals surface area contributed by atoms with Crippen molar-refractivity contribution in [2.45, 2.75) is 43.9 Å². The standard InChI is InChI=1S/C8H14BrClO/c1-2-3-4-5-6-7(9)8(10)11/h7H,2-6H2,1H3. The van der Waals surface area contributed by atoms with E-state index in [2.05, 4.69) is 22.9 Å². The van der Waals surface area contributed by atoms with Gasteiger partial charge in [-0.2, -0.15) is 0 Å². The van der Waals surface area contributed by atoms with Gasteiger partial charge in [0.15, 0.2) is 0 Å². The topological polar surface area (TPSA) is 17.1 Å². The summed E-state index contributed by atoms with van der Waals surface area (Å²) in [6, 6.07) is 0. The number of hydrogen-bond acceptors (Lipinski definition) is 1. The van der Waals surface area contributed by atoms with E-state index in [1.54, 1.807) is 0 Å². The first-order chi connectivity index (χ1) is 5.18. The smallest absolute Gasteiger partial charge is 0.235 e. The van der Waals surface area contributed by atoms with Gasteiger partial charge in [0.25, 0.3) is 0 Å². The fraction of sp³-hybridized carbons (Fsp3) is 0.875. The molecule has 0 N–H and O–H groups in total. The lowest BCUT2D eigenvalue weighted by atomic mass is 10.1. The summed E-state index contributed by atoms with van der Waals surface area (Å²) >= 11 is 8.47. The van der Waals surface area contributed by atoms with Crippen LogP contribution >= 0.6 is 27.5 Å². The zero-order chi connectivity index (χ0) is 8.69. The Balaban J connectivity index is 3.17. The third-order valence-electron chi connectivity index (χ3n) is 1.56. The average Bonchev–Trinajstić information content (AvgIpc) is 1.97. The Morgan fingerprint density at radius 2 is 2.09 bits per heavy atom. The molecule has 1 unspecified atom stereocenters. The first kappa shape index (κ1) is 11.4. The molecular formula is C8H14BrClO. The van der Waals surface area contributed by atoms with Crippen LogP contribution in [0, 0.1) is 0 Å². The van der Waals surface area contributed by atoms with Crippen LogP contribution in [-0.4, -0.2) is 10.1 Å². The Bertz CT molecular complexity index is 117. The summed E-state index contributed by atoms with van der Waals surface area (Å²) < 4.78 is 0. The SMILES string of the molecule is CCCCCCC(Br)C(=O)Cl. The van der Waals surface area contributed by atoms with E-state index >= 15 is 0 Å². The van der Waals surface area contributed by atoms with E-state index < -0.39 is 0 Å². The van der Waals surface area contributed by atoms with Crippen molar-refractivity contribution in [1.29, 1.82) is 0 Å². The van der Waals surface area contributed by atoms with Crippen LogP contribution in [0.5, 0.6) is 0 Å². The van der Waals surface area contributed by atoms with Crippen molar-refractivity contribution in [1.82, 2.24) is 0 Å². The quantitative estimate of drug-likeness (QED) is 0.395. The zero-order valence-corrected chi connectivity index (χ0v) is 9.12. The van der Waals surface area contributed by atoms with Crippen LogP contribution in [0.2, 0.25) is 0 Å². The third-order valence-corrected chi connectivity index (χ3v) is 2.96. The number of carbonyl (C=O) groups is 1. The van der Waals surface area contributed by atoms with Gasteiger partial charge in [0.05, 0.1) is 4.83 Å². The van der Waals surface area contributed by atoms with Crippen molar-refractivity contribution in [2.75, 3.05) is 0 Å². The van der Waals surface area contributed by atoms with Crippen LogP contribution < -0.4 is 0 Å². The highest BCUT2D eigenvalue weighted by Crippen LogP contribution is 2.14. The number of rotatable bonds is 6. The van der Waals surface area contributed by atoms with Crippen molar-refractivity contribution >= 4 is 32.8 Å². The third kappa shape index (κ3) is 6.82. The van der Waals surface area contributed by atoms with E-state index in [1.165, 1.54) is 19.3 Å². The van der Waals surface area contributed by atoms with Crippen molar-refractivity contribution in [2.24, 2.45) is 0 Å². The largest absolute Gasteiger partial charge is 0.280 e. The summed E-state index contributed by atoms with van der Waals surface area (Å²) in [5.41, 5.74) is 0. The summed E-state index contributed by atoms with van der Waals surface area (Å²) in [4.78, 5) is 10.4. The number of unbranched alkanes of at least 4 members (excludes halogenated alkanes) is 3. The van der Waals surface area contributed by atoms with Crippen molar-refractivity contribution < 1.29 is 4.79 Å². The summed E-state index contributed by atoms with van der Waals surface area (Å²) in [7, 11) is 0. The molecule has 0 aliphatic carbocycles. The van der Waals surface area contributed by atoms with Gasteiger partial charge in [-0.25, -0.2) is 0 Å². The minimum Gasteiger partial charge on any atom is -0.280 e. The molecule has 0 saturated carbocycles. The second-order valence-corrected chi connectivity index (χ2v) is 4.10. The van der Waals surface area contributed by atoms with Crippen LogP contribution in [0.25, 0.3) is 0 Å². The summed E-state index contributed by atoms with van der Waals surface area (Å²) in [5, 5.41) is -0.276. The molecule has 0 fully saturated rings. The molecule has 66 valence electrons. The Labute approximate surface area is 81.6 Å². The number of alkyl halides is 1.